The zero-order chi connectivity index (χ0) is 13.0. The Bertz CT molecular complexity index is 477. The minimum Gasteiger partial charge on any atom is -0.473 e. The normalized spacial score (nSPS) is 36.9. The fourth-order valence-electron chi connectivity index (χ4n) is 3.83. The van der Waals surface area contributed by atoms with Gasteiger partial charge >= 0.3 is 0 Å². The van der Waals surface area contributed by atoms with Crippen molar-refractivity contribution in [2.75, 3.05) is 0 Å². The molecule has 3 rings (SSSR count). The second-order valence-corrected chi connectivity index (χ2v) is 7.55. The van der Waals surface area contributed by atoms with Crippen molar-refractivity contribution in [2.24, 2.45) is 16.7 Å². The largest absolute Gasteiger partial charge is 0.473 e. The van der Waals surface area contributed by atoms with Gasteiger partial charge in [0.15, 0.2) is 0 Å². The Kier molecular flexibility index (Phi) is 2.84. The summed E-state index contributed by atoms with van der Waals surface area (Å²) in [5.74, 6) is 1.55. The maximum atomic E-state index is 6.22. The Hall–Kier alpha value is -0.390. The van der Waals surface area contributed by atoms with Crippen LogP contribution in [0.3, 0.4) is 0 Å². The summed E-state index contributed by atoms with van der Waals surface area (Å²) in [6.07, 6.45) is 7.47. The van der Waals surface area contributed by atoms with Crippen LogP contribution >= 0.6 is 22.6 Å². The first-order valence-corrected chi connectivity index (χ1v) is 7.65. The number of nitrogens with zero attached hydrogens (tertiary/aromatic N) is 2. The average molecular weight is 358 g/mol. The van der Waals surface area contributed by atoms with Gasteiger partial charge in [0.05, 0.1) is 3.57 Å². The number of hydrogen-bond donors (Lipinski definition) is 0. The van der Waals surface area contributed by atoms with Crippen LogP contribution in [0.15, 0.2) is 12.5 Å². The maximum absolute atomic E-state index is 6.22. The Morgan fingerprint density at radius 3 is 2.72 bits per heavy atom. The molecule has 18 heavy (non-hydrogen) atoms. The van der Waals surface area contributed by atoms with E-state index in [-0.39, 0.29) is 5.41 Å². The molecule has 0 aliphatic heterocycles. The van der Waals surface area contributed by atoms with Crippen molar-refractivity contribution in [1.29, 1.82) is 0 Å². The van der Waals surface area contributed by atoms with E-state index in [9.17, 15) is 0 Å². The van der Waals surface area contributed by atoms with Crippen molar-refractivity contribution in [1.82, 2.24) is 9.97 Å². The van der Waals surface area contributed by atoms with Gasteiger partial charge in [-0.05, 0) is 53.2 Å². The second-order valence-electron chi connectivity index (χ2n) is 6.39. The lowest BCUT2D eigenvalue weighted by Crippen LogP contribution is -2.39. The van der Waals surface area contributed by atoms with Crippen LogP contribution in [0.25, 0.3) is 0 Å². The van der Waals surface area contributed by atoms with Gasteiger partial charge in [-0.15, -0.1) is 0 Å². The molecule has 0 spiro atoms. The minimum absolute atomic E-state index is 0.283. The Balaban J connectivity index is 1.86. The molecular formula is C14H19IN2O. The van der Waals surface area contributed by atoms with Gasteiger partial charge in [0.1, 0.15) is 12.4 Å². The predicted octanol–water partition coefficient (Wildman–Crippen LogP) is 3.67. The van der Waals surface area contributed by atoms with E-state index in [0.29, 0.717) is 11.5 Å². The van der Waals surface area contributed by atoms with Gasteiger partial charge in [-0.25, -0.2) is 9.97 Å². The topological polar surface area (TPSA) is 35.0 Å². The van der Waals surface area contributed by atoms with Crippen LogP contribution in [0.1, 0.15) is 40.0 Å². The summed E-state index contributed by atoms with van der Waals surface area (Å²) in [7, 11) is 0. The van der Waals surface area contributed by atoms with E-state index >= 15 is 0 Å². The molecule has 2 saturated carbocycles. The highest BCUT2D eigenvalue weighted by Gasteiger charge is 2.62. The van der Waals surface area contributed by atoms with Gasteiger partial charge in [0.25, 0.3) is 0 Å². The van der Waals surface area contributed by atoms with Crippen LogP contribution in [0.5, 0.6) is 5.88 Å². The molecule has 2 fully saturated rings. The number of fused-ring (bicyclic) bond motifs is 2. The lowest BCUT2D eigenvalue weighted by atomic mass is 9.70. The van der Waals surface area contributed by atoms with Crippen LogP contribution in [0, 0.1) is 20.3 Å². The summed E-state index contributed by atoms with van der Waals surface area (Å²) in [6, 6.07) is 0. The average Bonchev–Trinajstić information content (AvgIpc) is 2.65. The fraction of sp³-hybridized carbons (Fsp3) is 0.714. The van der Waals surface area contributed by atoms with E-state index in [1.165, 1.54) is 19.3 Å². The number of hydrogen-bond acceptors (Lipinski definition) is 3. The summed E-state index contributed by atoms with van der Waals surface area (Å²) < 4.78 is 7.22. The summed E-state index contributed by atoms with van der Waals surface area (Å²) in [4.78, 5) is 8.28. The van der Waals surface area contributed by atoms with Crippen LogP contribution in [-0.4, -0.2) is 16.1 Å². The standard InChI is InChI=1S/C14H19IN2O/c1-13(2)9-4-5-14(13,3)11(6-9)18-12-10(15)7-16-8-17-12/h7-9,11H,4-6H2,1-3H3. The summed E-state index contributed by atoms with van der Waals surface area (Å²) in [5.41, 5.74) is 0.668. The van der Waals surface area contributed by atoms with E-state index in [4.69, 9.17) is 4.74 Å². The van der Waals surface area contributed by atoms with Crippen molar-refractivity contribution >= 4 is 22.6 Å². The monoisotopic (exact) mass is 358 g/mol. The molecule has 1 heterocycles. The van der Waals surface area contributed by atoms with E-state index in [0.717, 1.165) is 15.4 Å². The number of rotatable bonds is 2. The molecule has 3 atom stereocenters. The second kappa shape index (κ2) is 4.05. The molecule has 2 aliphatic carbocycles. The Morgan fingerprint density at radius 2 is 2.17 bits per heavy atom. The molecule has 0 radical (unpaired) electrons. The molecule has 0 aromatic carbocycles. The highest BCUT2D eigenvalue weighted by Crippen LogP contribution is 2.66. The predicted molar refractivity (Wildman–Crippen MR) is 78.4 cm³/mol. The van der Waals surface area contributed by atoms with Gasteiger partial charge in [-0.1, -0.05) is 20.8 Å². The Morgan fingerprint density at radius 1 is 1.39 bits per heavy atom. The zero-order valence-corrected chi connectivity index (χ0v) is 13.3. The molecule has 3 nitrogen and oxygen atoms in total. The smallest absolute Gasteiger partial charge is 0.230 e. The molecule has 2 aliphatic rings. The molecule has 2 bridgehead atoms. The quantitative estimate of drug-likeness (QED) is 0.757. The van der Waals surface area contributed by atoms with Gasteiger partial charge in [-0.3, -0.25) is 0 Å². The van der Waals surface area contributed by atoms with Gasteiger partial charge in [0, 0.05) is 11.6 Å². The van der Waals surface area contributed by atoms with E-state index in [1.54, 1.807) is 6.33 Å². The molecule has 1 aromatic rings. The van der Waals surface area contributed by atoms with Gasteiger partial charge in [0.2, 0.25) is 5.88 Å². The van der Waals surface area contributed by atoms with Crippen molar-refractivity contribution in [2.45, 2.75) is 46.1 Å². The first-order chi connectivity index (χ1) is 8.45. The summed E-state index contributed by atoms with van der Waals surface area (Å²) in [5, 5.41) is 0. The Labute approximate surface area is 122 Å². The molecule has 98 valence electrons. The lowest BCUT2D eigenvalue weighted by Gasteiger charge is -2.38. The van der Waals surface area contributed by atoms with E-state index in [2.05, 4.69) is 53.3 Å². The van der Waals surface area contributed by atoms with Crippen LogP contribution < -0.4 is 4.74 Å². The molecule has 0 saturated heterocycles. The third-order valence-electron chi connectivity index (χ3n) is 5.60. The fourth-order valence-corrected chi connectivity index (χ4v) is 4.26. The first kappa shape index (κ1) is 12.6. The van der Waals surface area contributed by atoms with Crippen molar-refractivity contribution < 1.29 is 4.74 Å². The number of ether oxygens (including phenoxy) is 1. The number of halogens is 1. The highest BCUT2D eigenvalue weighted by molar-refractivity contribution is 14.1. The number of aromatic nitrogens is 2. The summed E-state index contributed by atoms with van der Waals surface area (Å²) >= 11 is 2.24. The summed E-state index contributed by atoms with van der Waals surface area (Å²) in [6.45, 7) is 7.19. The van der Waals surface area contributed by atoms with Crippen molar-refractivity contribution in [3.63, 3.8) is 0 Å². The zero-order valence-electron chi connectivity index (χ0n) is 11.1. The third kappa shape index (κ3) is 1.60. The molecule has 4 heteroatoms. The lowest BCUT2D eigenvalue weighted by molar-refractivity contribution is 0.0266. The van der Waals surface area contributed by atoms with Crippen LogP contribution in [0.2, 0.25) is 0 Å². The van der Waals surface area contributed by atoms with E-state index < -0.39 is 0 Å². The molecule has 0 N–H and O–H groups in total. The van der Waals surface area contributed by atoms with Crippen molar-refractivity contribution in [3.05, 3.63) is 16.1 Å². The highest BCUT2D eigenvalue weighted by atomic mass is 127. The molecule has 0 amide bonds. The van der Waals surface area contributed by atoms with E-state index in [1.807, 2.05) is 6.20 Å². The van der Waals surface area contributed by atoms with Crippen LogP contribution in [-0.2, 0) is 0 Å². The van der Waals surface area contributed by atoms with Gasteiger partial charge in [-0.2, -0.15) is 0 Å². The van der Waals surface area contributed by atoms with Crippen molar-refractivity contribution in [3.8, 4) is 5.88 Å². The first-order valence-electron chi connectivity index (χ1n) is 6.57. The SMILES string of the molecule is CC1(C)C2CCC1(C)C(Oc1ncncc1I)C2. The van der Waals surface area contributed by atoms with Crippen LogP contribution in [0.4, 0.5) is 0 Å². The molecular weight excluding hydrogens is 339 g/mol. The third-order valence-corrected chi connectivity index (χ3v) is 6.34. The maximum Gasteiger partial charge on any atom is 0.230 e. The van der Waals surface area contributed by atoms with Gasteiger partial charge < -0.3 is 4.74 Å². The molecule has 3 unspecified atom stereocenters. The molecule has 1 aromatic heterocycles. The minimum atomic E-state index is 0.283.